The highest BCUT2D eigenvalue weighted by Crippen LogP contribution is 2.24. The topological polar surface area (TPSA) is 61.9 Å². The van der Waals surface area contributed by atoms with Crippen LogP contribution in [0.2, 0.25) is 0 Å². The van der Waals surface area contributed by atoms with Crippen molar-refractivity contribution in [3.05, 3.63) is 59.7 Å². The third kappa shape index (κ3) is 4.70. The van der Waals surface area contributed by atoms with E-state index in [-0.39, 0.29) is 11.8 Å². The molecule has 0 aromatic heterocycles. The molecule has 3 rings (SSSR count). The predicted octanol–water partition coefficient (Wildman–Crippen LogP) is 3.12. The van der Waals surface area contributed by atoms with Crippen molar-refractivity contribution >= 4 is 17.5 Å². The van der Waals surface area contributed by atoms with Crippen LogP contribution in [0, 0.1) is 0 Å². The lowest BCUT2D eigenvalue weighted by Crippen LogP contribution is -2.48. The summed E-state index contributed by atoms with van der Waals surface area (Å²) in [6.07, 6.45) is 0. The highest BCUT2D eigenvalue weighted by molar-refractivity contribution is 6.05. The molecular formula is C22H27N3O3. The van der Waals surface area contributed by atoms with Crippen LogP contribution in [-0.4, -0.2) is 60.9 Å². The lowest BCUT2D eigenvalue weighted by molar-refractivity contribution is 0.0643. The van der Waals surface area contributed by atoms with Gasteiger partial charge in [0, 0.05) is 37.3 Å². The molecule has 28 heavy (non-hydrogen) atoms. The number of ether oxygens (including phenoxy) is 1. The van der Waals surface area contributed by atoms with Crippen LogP contribution in [-0.2, 0) is 0 Å². The summed E-state index contributed by atoms with van der Waals surface area (Å²) in [6, 6.07) is 14.1. The van der Waals surface area contributed by atoms with Crippen molar-refractivity contribution in [3.63, 3.8) is 0 Å². The number of amides is 2. The predicted molar refractivity (Wildman–Crippen MR) is 110 cm³/mol. The third-order valence-corrected chi connectivity index (χ3v) is 4.94. The largest absolute Gasteiger partial charge is 0.492 e. The Morgan fingerprint density at radius 2 is 1.57 bits per heavy atom. The van der Waals surface area contributed by atoms with Gasteiger partial charge in [0.2, 0.25) is 0 Å². The first-order chi connectivity index (χ1) is 13.6. The molecule has 2 amide bonds. The Bertz CT molecular complexity index is 812. The van der Waals surface area contributed by atoms with Crippen LogP contribution < -0.4 is 10.1 Å². The molecule has 1 N–H and O–H groups in total. The van der Waals surface area contributed by atoms with E-state index < -0.39 is 0 Å². The quantitative estimate of drug-likeness (QED) is 0.835. The minimum absolute atomic E-state index is 0.0180. The Morgan fingerprint density at radius 3 is 2.21 bits per heavy atom. The van der Waals surface area contributed by atoms with Crippen molar-refractivity contribution in [2.45, 2.75) is 13.8 Å². The first-order valence-electron chi connectivity index (χ1n) is 9.77. The SMILES string of the molecule is CCOc1ccccc1NC(=O)c1ccc(C(=O)N2CCN(CC)CC2)cc1. The number of carbonyl (C=O) groups is 2. The first kappa shape index (κ1) is 19.9. The summed E-state index contributed by atoms with van der Waals surface area (Å²) in [7, 11) is 0. The Hall–Kier alpha value is -2.86. The number of hydrogen-bond donors (Lipinski definition) is 1. The average Bonchev–Trinajstić information content (AvgIpc) is 2.75. The maximum absolute atomic E-state index is 12.7. The summed E-state index contributed by atoms with van der Waals surface area (Å²) in [6.45, 7) is 8.86. The lowest BCUT2D eigenvalue weighted by atomic mass is 10.1. The summed E-state index contributed by atoms with van der Waals surface area (Å²) in [4.78, 5) is 29.4. The highest BCUT2D eigenvalue weighted by Gasteiger charge is 2.21. The maximum Gasteiger partial charge on any atom is 0.255 e. The average molecular weight is 381 g/mol. The van der Waals surface area contributed by atoms with Crippen LogP contribution >= 0.6 is 0 Å². The van der Waals surface area contributed by atoms with E-state index in [4.69, 9.17) is 4.74 Å². The molecule has 0 unspecified atom stereocenters. The van der Waals surface area contributed by atoms with Gasteiger partial charge >= 0.3 is 0 Å². The summed E-state index contributed by atoms with van der Waals surface area (Å²) >= 11 is 0. The Morgan fingerprint density at radius 1 is 0.929 bits per heavy atom. The van der Waals surface area contributed by atoms with Crippen LogP contribution in [0.4, 0.5) is 5.69 Å². The Labute approximate surface area is 166 Å². The zero-order valence-corrected chi connectivity index (χ0v) is 16.5. The van der Waals surface area contributed by atoms with E-state index >= 15 is 0 Å². The number of likely N-dealkylation sites (N-methyl/N-ethyl adjacent to an activating group) is 1. The number of benzene rings is 2. The number of piperazine rings is 1. The molecule has 1 heterocycles. The molecule has 148 valence electrons. The van der Waals surface area contributed by atoms with Crippen molar-refractivity contribution < 1.29 is 14.3 Å². The summed E-state index contributed by atoms with van der Waals surface area (Å²) < 4.78 is 5.54. The molecule has 0 radical (unpaired) electrons. The van der Waals surface area contributed by atoms with E-state index in [2.05, 4.69) is 17.1 Å². The second-order valence-electron chi connectivity index (χ2n) is 6.69. The zero-order valence-electron chi connectivity index (χ0n) is 16.5. The molecule has 0 spiro atoms. The molecule has 1 saturated heterocycles. The van der Waals surface area contributed by atoms with Crippen LogP contribution in [0.25, 0.3) is 0 Å². The van der Waals surface area contributed by atoms with E-state index in [0.717, 1.165) is 32.7 Å². The normalized spacial score (nSPS) is 14.6. The molecule has 2 aromatic rings. The van der Waals surface area contributed by atoms with Crippen LogP contribution in [0.3, 0.4) is 0 Å². The fraction of sp³-hybridized carbons (Fsp3) is 0.364. The summed E-state index contributed by atoms with van der Waals surface area (Å²) in [5.41, 5.74) is 1.73. The van der Waals surface area contributed by atoms with Gasteiger partial charge in [-0.3, -0.25) is 9.59 Å². The monoisotopic (exact) mass is 381 g/mol. The molecule has 0 bridgehead atoms. The highest BCUT2D eigenvalue weighted by atomic mass is 16.5. The summed E-state index contributed by atoms with van der Waals surface area (Å²) in [5, 5.41) is 2.87. The first-order valence-corrected chi connectivity index (χ1v) is 9.77. The molecule has 0 saturated carbocycles. The van der Waals surface area contributed by atoms with Gasteiger partial charge in [-0.1, -0.05) is 19.1 Å². The van der Waals surface area contributed by atoms with E-state index in [9.17, 15) is 9.59 Å². The van der Waals surface area contributed by atoms with E-state index in [1.807, 2.05) is 30.0 Å². The van der Waals surface area contributed by atoms with Crippen molar-refractivity contribution in [1.82, 2.24) is 9.80 Å². The Balaban J connectivity index is 1.64. The minimum Gasteiger partial charge on any atom is -0.492 e. The standard InChI is InChI=1S/C22H27N3O3/c1-3-24-13-15-25(16-14-24)22(27)18-11-9-17(10-12-18)21(26)23-19-7-5-6-8-20(19)28-4-2/h5-12H,3-4,13-16H2,1-2H3,(H,23,26). The molecule has 6 nitrogen and oxygen atoms in total. The molecule has 0 aliphatic carbocycles. The van der Waals surface area contributed by atoms with Gasteiger partial charge in [-0.05, 0) is 49.9 Å². The van der Waals surface area contributed by atoms with Gasteiger partial charge in [0.15, 0.2) is 0 Å². The number of para-hydroxylation sites is 2. The van der Waals surface area contributed by atoms with E-state index in [1.54, 1.807) is 30.3 Å². The van der Waals surface area contributed by atoms with Crippen molar-refractivity contribution in [2.24, 2.45) is 0 Å². The number of anilines is 1. The van der Waals surface area contributed by atoms with E-state index in [0.29, 0.717) is 29.2 Å². The van der Waals surface area contributed by atoms with Crippen LogP contribution in [0.1, 0.15) is 34.6 Å². The van der Waals surface area contributed by atoms with Gasteiger partial charge in [0.1, 0.15) is 5.75 Å². The van der Waals surface area contributed by atoms with Gasteiger partial charge in [0.05, 0.1) is 12.3 Å². The maximum atomic E-state index is 12.7. The second-order valence-corrected chi connectivity index (χ2v) is 6.69. The smallest absolute Gasteiger partial charge is 0.255 e. The van der Waals surface area contributed by atoms with Crippen molar-refractivity contribution in [2.75, 3.05) is 44.6 Å². The minimum atomic E-state index is -0.234. The fourth-order valence-electron chi connectivity index (χ4n) is 3.26. The number of hydrogen-bond acceptors (Lipinski definition) is 4. The number of nitrogens with zero attached hydrogens (tertiary/aromatic N) is 2. The van der Waals surface area contributed by atoms with E-state index in [1.165, 1.54) is 0 Å². The summed E-state index contributed by atoms with van der Waals surface area (Å²) in [5.74, 6) is 0.420. The Kier molecular flexibility index (Phi) is 6.66. The molecular weight excluding hydrogens is 354 g/mol. The number of rotatable bonds is 6. The fourth-order valence-corrected chi connectivity index (χ4v) is 3.26. The number of carbonyl (C=O) groups excluding carboxylic acids is 2. The van der Waals surface area contributed by atoms with Crippen LogP contribution in [0.15, 0.2) is 48.5 Å². The third-order valence-electron chi connectivity index (χ3n) is 4.94. The van der Waals surface area contributed by atoms with Crippen molar-refractivity contribution in [3.8, 4) is 5.75 Å². The lowest BCUT2D eigenvalue weighted by Gasteiger charge is -2.34. The van der Waals surface area contributed by atoms with Gasteiger partial charge in [0.25, 0.3) is 11.8 Å². The van der Waals surface area contributed by atoms with Gasteiger partial charge in [-0.25, -0.2) is 0 Å². The molecule has 1 aliphatic rings. The molecule has 2 aromatic carbocycles. The van der Waals surface area contributed by atoms with Crippen molar-refractivity contribution in [1.29, 1.82) is 0 Å². The molecule has 1 fully saturated rings. The number of nitrogens with one attached hydrogen (secondary N) is 1. The van der Waals surface area contributed by atoms with Gasteiger partial charge < -0.3 is 19.9 Å². The van der Waals surface area contributed by atoms with Gasteiger partial charge in [-0.2, -0.15) is 0 Å². The molecule has 0 atom stereocenters. The molecule has 1 aliphatic heterocycles. The zero-order chi connectivity index (χ0) is 19.9. The molecule has 6 heteroatoms. The second kappa shape index (κ2) is 9.37. The van der Waals surface area contributed by atoms with Crippen LogP contribution in [0.5, 0.6) is 5.75 Å². The van der Waals surface area contributed by atoms with Gasteiger partial charge in [-0.15, -0.1) is 0 Å².